The van der Waals surface area contributed by atoms with Gasteiger partial charge in [-0.2, -0.15) is 0 Å². The monoisotopic (exact) mass is 435 g/mol. The fourth-order valence-corrected chi connectivity index (χ4v) is 3.64. The summed E-state index contributed by atoms with van der Waals surface area (Å²) in [5.74, 6) is -1.13. The van der Waals surface area contributed by atoms with Crippen LogP contribution in [0.25, 0.3) is 27.9 Å². The van der Waals surface area contributed by atoms with Crippen LogP contribution in [0.2, 0.25) is 0 Å². The summed E-state index contributed by atoms with van der Waals surface area (Å²) >= 11 is 0. The lowest BCUT2D eigenvalue weighted by Crippen LogP contribution is -2.25. The molecule has 32 heavy (non-hydrogen) atoms. The number of nitrogens with zero attached hydrogens (tertiary/aromatic N) is 3. The first-order chi connectivity index (χ1) is 15.4. The van der Waals surface area contributed by atoms with Gasteiger partial charge in [-0.05, 0) is 30.9 Å². The molecule has 1 aliphatic carbocycles. The molecule has 0 saturated heterocycles. The molecule has 1 fully saturated rings. The van der Waals surface area contributed by atoms with Gasteiger partial charge in [0.25, 0.3) is 5.91 Å². The molecule has 2 aromatic carbocycles. The number of halogens is 2. The third-order valence-electron chi connectivity index (χ3n) is 5.50. The lowest BCUT2D eigenvalue weighted by atomic mass is 10.1. The van der Waals surface area contributed by atoms with Crippen molar-refractivity contribution in [1.29, 1.82) is 0 Å². The van der Waals surface area contributed by atoms with Gasteiger partial charge in [0, 0.05) is 35.8 Å². The minimum atomic E-state index is -0.952. The number of nitrogens with one attached hydrogen (secondary N) is 2. The van der Waals surface area contributed by atoms with E-state index in [1.165, 1.54) is 0 Å². The lowest BCUT2D eigenvalue weighted by Gasteiger charge is -2.13. The second kappa shape index (κ2) is 7.85. The van der Waals surface area contributed by atoms with Crippen LogP contribution in [0.3, 0.4) is 0 Å². The minimum absolute atomic E-state index is 0.0930. The van der Waals surface area contributed by atoms with Gasteiger partial charge in [-0.15, -0.1) is 0 Å². The van der Waals surface area contributed by atoms with Crippen LogP contribution in [0.5, 0.6) is 0 Å². The third-order valence-corrected chi connectivity index (χ3v) is 5.50. The van der Waals surface area contributed by atoms with Crippen molar-refractivity contribution in [3.05, 3.63) is 59.8 Å². The van der Waals surface area contributed by atoms with Crippen LogP contribution in [-0.2, 0) is 0 Å². The van der Waals surface area contributed by atoms with Crippen molar-refractivity contribution < 1.29 is 13.6 Å². The molecule has 2 aromatic heterocycles. The topological polar surface area (TPSA) is 71.3 Å². The average molecular weight is 435 g/mol. The summed E-state index contributed by atoms with van der Waals surface area (Å²) in [5, 5.41) is 6.23. The smallest absolute Gasteiger partial charge is 0.251 e. The largest absolute Gasteiger partial charge is 0.367 e. The highest BCUT2D eigenvalue weighted by Crippen LogP contribution is 2.30. The number of benzene rings is 2. The van der Waals surface area contributed by atoms with E-state index in [9.17, 15) is 13.6 Å². The molecule has 1 amide bonds. The Kier molecular flexibility index (Phi) is 5.00. The third kappa shape index (κ3) is 3.77. The van der Waals surface area contributed by atoms with Gasteiger partial charge in [-0.1, -0.05) is 26.0 Å². The van der Waals surface area contributed by atoms with E-state index >= 15 is 0 Å². The van der Waals surface area contributed by atoms with Crippen molar-refractivity contribution in [2.75, 3.05) is 11.9 Å². The summed E-state index contributed by atoms with van der Waals surface area (Å²) in [6.45, 7) is 4.79. The maximum Gasteiger partial charge on any atom is 0.251 e. The SMILES string of the molecule is CC(C)CNc1nc2cc(F)c(F)cc2n2c(-c3ccc(C(=O)NC4CC4)cc3)cnc12. The molecule has 0 aliphatic heterocycles. The molecule has 0 unspecified atom stereocenters. The molecule has 164 valence electrons. The molecule has 0 spiro atoms. The maximum atomic E-state index is 14.1. The Hall–Kier alpha value is -3.55. The molecule has 4 aromatic rings. The average Bonchev–Trinajstić information content (AvgIpc) is 3.47. The fraction of sp³-hybridized carbons (Fsp3) is 0.292. The number of imidazole rings is 1. The molecular weight excluding hydrogens is 412 g/mol. The Balaban J connectivity index is 1.63. The summed E-state index contributed by atoms with van der Waals surface area (Å²) in [6, 6.07) is 9.70. The van der Waals surface area contributed by atoms with E-state index in [4.69, 9.17) is 0 Å². The number of hydrogen-bond donors (Lipinski definition) is 2. The maximum absolute atomic E-state index is 14.1. The van der Waals surface area contributed by atoms with Gasteiger partial charge in [-0.3, -0.25) is 9.20 Å². The van der Waals surface area contributed by atoms with Crippen LogP contribution in [0.1, 0.15) is 37.0 Å². The second-order valence-electron chi connectivity index (χ2n) is 8.62. The van der Waals surface area contributed by atoms with E-state index in [-0.39, 0.29) is 11.9 Å². The second-order valence-corrected chi connectivity index (χ2v) is 8.62. The number of fused-ring (bicyclic) bond motifs is 3. The number of amides is 1. The number of carbonyl (C=O) groups is 1. The van der Waals surface area contributed by atoms with E-state index in [1.54, 1.807) is 22.7 Å². The quantitative estimate of drug-likeness (QED) is 0.457. The predicted octanol–water partition coefficient (Wildman–Crippen LogP) is 4.79. The highest BCUT2D eigenvalue weighted by Gasteiger charge is 2.24. The normalized spacial score (nSPS) is 13.8. The van der Waals surface area contributed by atoms with E-state index in [1.807, 2.05) is 12.1 Å². The van der Waals surface area contributed by atoms with Crippen molar-refractivity contribution in [3.63, 3.8) is 0 Å². The number of rotatable bonds is 6. The zero-order valence-electron chi connectivity index (χ0n) is 17.8. The van der Waals surface area contributed by atoms with Crippen LogP contribution in [-0.4, -0.2) is 32.9 Å². The number of anilines is 1. The summed E-state index contributed by atoms with van der Waals surface area (Å²) in [5.41, 5.74) is 3.33. The van der Waals surface area contributed by atoms with E-state index in [0.29, 0.717) is 46.2 Å². The van der Waals surface area contributed by atoms with Gasteiger partial charge in [0.2, 0.25) is 0 Å². The fourth-order valence-electron chi connectivity index (χ4n) is 3.64. The van der Waals surface area contributed by atoms with Gasteiger partial charge < -0.3 is 10.6 Å². The van der Waals surface area contributed by atoms with Crippen molar-refractivity contribution in [3.8, 4) is 11.3 Å². The van der Waals surface area contributed by atoms with Crippen LogP contribution in [0.15, 0.2) is 42.6 Å². The zero-order chi connectivity index (χ0) is 22.4. The summed E-state index contributed by atoms with van der Waals surface area (Å²) < 4.78 is 29.9. The number of carbonyl (C=O) groups excluding carboxylic acids is 1. The Labute approximate surface area is 183 Å². The summed E-state index contributed by atoms with van der Waals surface area (Å²) in [6.07, 6.45) is 3.73. The van der Waals surface area contributed by atoms with Gasteiger partial charge >= 0.3 is 0 Å². The zero-order valence-corrected chi connectivity index (χ0v) is 17.8. The summed E-state index contributed by atoms with van der Waals surface area (Å²) in [7, 11) is 0. The summed E-state index contributed by atoms with van der Waals surface area (Å²) in [4.78, 5) is 21.3. The number of hydrogen-bond acceptors (Lipinski definition) is 4. The molecule has 1 saturated carbocycles. The van der Waals surface area contributed by atoms with Crippen LogP contribution in [0.4, 0.5) is 14.6 Å². The van der Waals surface area contributed by atoms with Gasteiger partial charge in [0.05, 0.1) is 22.9 Å². The Morgan fingerprint density at radius 2 is 1.88 bits per heavy atom. The lowest BCUT2D eigenvalue weighted by molar-refractivity contribution is 0.0951. The molecule has 0 bridgehead atoms. The molecule has 6 nitrogen and oxygen atoms in total. The first-order valence-corrected chi connectivity index (χ1v) is 10.7. The molecular formula is C24H23F2N5O. The van der Waals surface area contributed by atoms with E-state index < -0.39 is 11.6 Å². The number of aromatic nitrogens is 3. The molecule has 5 rings (SSSR count). The van der Waals surface area contributed by atoms with Gasteiger partial charge in [-0.25, -0.2) is 18.7 Å². The molecule has 2 heterocycles. The van der Waals surface area contributed by atoms with Crippen molar-refractivity contribution in [2.45, 2.75) is 32.7 Å². The Bertz CT molecular complexity index is 1330. The van der Waals surface area contributed by atoms with Crippen molar-refractivity contribution in [2.24, 2.45) is 5.92 Å². The van der Waals surface area contributed by atoms with Gasteiger partial charge in [0.1, 0.15) is 0 Å². The van der Waals surface area contributed by atoms with E-state index in [2.05, 4.69) is 34.4 Å². The minimum Gasteiger partial charge on any atom is -0.367 e. The molecule has 1 aliphatic rings. The molecule has 8 heteroatoms. The highest BCUT2D eigenvalue weighted by atomic mass is 19.2. The first-order valence-electron chi connectivity index (χ1n) is 10.7. The predicted molar refractivity (Wildman–Crippen MR) is 120 cm³/mol. The first kappa shape index (κ1) is 20.4. The van der Waals surface area contributed by atoms with Gasteiger partial charge in [0.15, 0.2) is 23.1 Å². The molecule has 0 atom stereocenters. The van der Waals surface area contributed by atoms with Crippen LogP contribution < -0.4 is 10.6 Å². The standard InChI is InChI=1S/C24H23F2N5O/c1-13(2)11-27-22-23-28-12-21(31(23)20-10-18(26)17(25)9-19(20)30-22)14-3-5-15(6-4-14)24(32)29-16-7-8-16/h3-6,9-10,12-13,16H,7-8,11H2,1-2H3,(H,27,30)(H,29,32). The Morgan fingerprint density at radius 3 is 2.56 bits per heavy atom. The van der Waals surface area contributed by atoms with Crippen molar-refractivity contribution in [1.82, 2.24) is 19.7 Å². The highest BCUT2D eigenvalue weighted by molar-refractivity contribution is 5.95. The molecule has 2 N–H and O–H groups in total. The molecule has 0 radical (unpaired) electrons. The van der Waals surface area contributed by atoms with E-state index in [0.717, 1.165) is 30.5 Å². The van der Waals surface area contributed by atoms with Crippen LogP contribution >= 0.6 is 0 Å². The Morgan fingerprint density at radius 1 is 1.16 bits per heavy atom. The van der Waals surface area contributed by atoms with Crippen LogP contribution in [0, 0.1) is 17.6 Å². The van der Waals surface area contributed by atoms with Crippen molar-refractivity contribution >= 4 is 28.4 Å².